The van der Waals surface area contributed by atoms with Crippen molar-refractivity contribution in [2.24, 2.45) is 0 Å². The van der Waals surface area contributed by atoms with Crippen LogP contribution in [0, 0.1) is 0 Å². The molecule has 0 saturated carbocycles. The molecule has 156 valence electrons. The van der Waals surface area contributed by atoms with Crippen LogP contribution in [-0.2, 0) is 16.8 Å². The molecule has 0 unspecified atom stereocenters. The van der Waals surface area contributed by atoms with Gasteiger partial charge in [0.1, 0.15) is 0 Å². The maximum absolute atomic E-state index is 12.9. The summed E-state index contributed by atoms with van der Waals surface area (Å²) in [6.45, 7) is 6.47. The van der Waals surface area contributed by atoms with Gasteiger partial charge in [-0.1, -0.05) is 44.5 Å². The quantitative estimate of drug-likeness (QED) is 0.554. The molecule has 0 spiro atoms. The highest BCUT2D eigenvalue weighted by atomic mass is 35.5. The second kappa shape index (κ2) is 7.96. The van der Waals surface area contributed by atoms with Crippen LogP contribution in [-0.4, -0.2) is 21.9 Å². The highest BCUT2D eigenvalue weighted by Gasteiger charge is 2.27. The third kappa shape index (κ3) is 4.18. The molecule has 3 aromatic rings. The topological polar surface area (TPSA) is 85.2 Å². The molecule has 8 heteroatoms. The number of aromatic nitrogens is 2. The fourth-order valence-electron chi connectivity index (χ4n) is 3.19. The molecule has 0 aliphatic carbocycles. The number of carbonyl (C=O) groups excluding carboxylic acids is 1. The summed E-state index contributed by atoms with van der Waals surface area (Å²) in [5.41, 5.74) is 9.05. The van der Waals surface area contributed by atoms with Crippen LogP contribution in [0.1, 0.15) is 38.6 Å². The van der Waals surface area contributed by atoms with Gasteiger partial charge in [-0.25, -0.2) is 0 Å². The number of nitrogens with zero attached hydrogens (tertiary/aromatic N) is 3. The third-order valence-electron chi connectivity index (χ3n) is 4.85. The molecule has 30 heavy (non-hydrogen) atoms. The summed E-state index contributed by atoms with van der Waals surface area (Å²) in [7, 11) is 0. The second-order valence-electron chi connectivity index (χ2n) is 8.27. The van der Waals surface area contributed by atoms with Crippen LogP contribution in [0.3, 0.4) is 0 Å². The van der Waals surface area contributed by atoms with Crippen LogP contribution in [0.4, 0.5) is 11.4 Å². The molecule has 1 aliphatic heterocycles. The van der Waals surface area contributed by atoms with Crippen molar-refractivity contribution in [1.29, 1.82) is 0 Å². The van der Waals surface area contributed by atoms with Gasteiger partial charge in [-0.05, 0) is 29.8 Å². The van der Waals surface area contributed by atoms with Crippen molar-refractivity contribution in [3.8, 4) is 11.5 Å². The summed E-state index contributed by atoms with van der Waals surface area (Å²) in [4.78, 5) is 15.7. The van der Waals surface area contributed by atoms with E-state index in [9.17, 15) is 4.79 Å². The number of benzene rings is 2. The minimum Gasteiger partial charge on any atom is -0.420 e. The lowest BCUT2D eigenvalue weighted by Crippen LogP contribution is -2.30. The zero-order chi connectivity index (χ0) is 21.5. The van der Waals surface area contributed by atoms with Gasteiger partial charge in [-0.2, -0.15) is 0 Å². The number of hydrogen-bond donors (Lipinski definition) is 1. The molecule has 0 saturated heterocycles. The molecular weight excluding hydrogens is 420 g/mol. The van der Waals surface area contributed by atoms with Gasteiger partial charge in [0.05, 0.1) is 17.8 Å². The summed E-state index contributed by atoms with van der Waals surface area (Å²) in [6, 6.07) is 11.3. The van der Waals surface area contributed by atoms with Crippen LogP contribution in [0.15, 0.2) is 45.7 Å². The van der Waals surface area contributed by atoms with Crippen LogP contribution >= 0.6 is 23.4 Å². The number of fused-ring (bicyclic) bond motifs is 1. The van der Waals surface area contributed by atoms with E-state index in [1.54, 1.807) is 16.7 Å². The Hall–Kier alpha value is -2.51. The van der Waals surface area contributed by atoms with Crippen LogP contribution < -0.4 is 10.6 Å². The molecule has 2 heterocycles. The Kier molecular flexibility index (Phi) is 5.51. The summed E-state index contributed by atoms with van der Waals surface area (Å²) in [5, 5.41) is 9.04. The first-order chi connectivity index (χ1) is 14.2. The Morgan fingerprint density at radius 1 is 1.20 bits per heavy atom. The van der Waals surface area contributed by atoms with E-state index in [0.717, 1.165) is 16.1 Å². The van der Waals surface area contributed by atoms with Gasteiger partial charge >= 0.3 is 0 Å². The van der Waals surface area contributed by atoms with E-state index in [1.807, 2.05) is 57.2 Å². The van der Waals surface area contributed by atoms with Gasteiger partial charge in [-0.3, -0.25) is 4.79 Å². The van der Waals surface area contributed by atoms with Crippen molar-refractivity contribution in [3.63, 3.8) is 0 Å². The monoisotopic (exact) mass is 442 g/mol. The third-order valence-corrected chi connectivity index (χ3v) is 6.15. The maximum Gasteiger partial charge on any atom is 0.249 e. The van der Waals surface area contributed by atoms with E-state index >= 15 is 0 Å². The predicted molar refractivity (Wildman–Crippen MR) is 121 cm³/mol. The molecule has 0 atom stereocenters. The number of nitrogens with two attached hydrogens (primary N) is 1. The predicted octanol–water partition coefficient (Wildman–Crippen LogP) is 5.30. The highest BCUT2D eigenvalue weighted by molar-refractivity contribution is 7.99. The largest absolute Gasteiger partial charge is 0.420 e. The van der Waals surface area contributed by atoms with Crippen molar-refractivity contribution < 1.29 is 9.21 Å². The molecule has 6 nitrogen and oxygen atoms in total. The molecule has 1 aliphatic rings. The SMILES string of the molecule is CC(C)(C)c1nnc(-c2cc3c(cc2N)SCCC(=O)N3Cc2ccc(Cl)cc2)o1. The fourth-order valence-corrected chi connectivity index (χ4v) is 4.34. The smallest absolute Gasteiger partial charge is 0.249 e. The number of halogens is 1. The van der Waals surface area contributed by atoms with Crippen molar-refractivity contribution in [1.82, 2.24) is 10.2 Å². The summed E-state index contributed by atoms with van der Waals surface area (Å²) < 4.78 is 5.90. The maximum atomic E-state index is 12.9. The molecule has 1 amide bonds. The first kappa shape index (κ1) is 20.8. The van der Waals surface area contributed by atoms with E-state index in [1.165, 1.54) is 0 Å². The van der Waals surface area contributed by atoms with Crippen molar-refractivity contribution in [2.45, 2.75) is 44.0 Å². The Balaban J connectivity index is 1.77. The van der Waals surface area contributed by atoms with Crippen LogP contribution in [0.25, 0.3) is 11.5 Å². The van der Waals surface area contributed by atoms with Gasteiger partial charge < -0.3 is 15.1 Å². The lowest BCUT2D eigenvalue weighted by atomic mass is 9.97. The van der Waals surface area contributed by atoms with Gasteiger partial charge in [0.15, 0.2) is 0 Å². The number of nitrogen functional groups attached to an aromatic ring is 1. The van der Waals surface area contributed by atoms with Crippen molar-refractivity contribution >= 4 is 40.6 Å². The van der Waals surface area contributed by atoms with Crippen LogP contribution in [0.5, 0.6) is 0 Å². The second-order valence-corrected chi connectivity index (χ2v) is 9.85. The number of amides is 1. The molecule has 0 bridgehead atoms. The van der Waals surface area contributed by atoms with Gasteiger partial charge in [0.25, 0.3) is 0 Å². The number of carbonyl (C=O) groups is 1. The molecule has 0 fully saturated rings. The summed E-state index contributed by atoms with van der Waals surface area (Å²) >= 11 is 7.64. The number of hydrogen-bond acceptors (Lipinski definition) is 6. The molecule has 2 aromatic carbocycles. The van der Waals surface area contributed by atoms with Gasteiger partial charge in [-0.15, -0.1) is 22.0 Å². The molecule has 1 aromatic heterocycles. The van der Waals surface area contributed by atoms with Crippen LogP contribution in [0.2, 0.25) is 5.02 Å². The zero-order valence-electron chi connectivity index (χ0n) is 17.1. The van der Waals surface area contributed by atoms with Crippen molar-refractivity contribution in [2.75, 3.05) is 16.4 Å². The lowest BCUT2D eigenvalue weighted by molar-refractivity contribution is -0.118. The summed E-state index contributed by atoms with van der Waals surface area (Å²) in [6.07, 6.45) is 0.455. The normalized spacial score (nSPS) is 14.5. The molecule has 0 radical (unpaired) electrons. The Morgan fingerprint density at radius 3 is 2.60 bits per heavy atom. The van der Waals surface area contributed by atoms with Gasteiger partial charge in [0.2, 0.25) is 17.7 Å². The highest BCUT2D eigenvalue weighted by Crippen LogP contribution is 2.41. The van der Waals surface area contributed by atoms with E-state index in [4.69, 9.17) is 21.8 Å². The van der Waals surface area contributed by atoms with Crippen molar-refractivity contribution in [3.05, 3.63) is 52.9 Å². The Morgan fingerprint density at radius 2 is 1.93 bits per heavy atom. The minimum atomic E-state index is -0.266. The summed E-state index contributed by atoms with van der Waals surface area (Å²) in [5.74, 6) is 1.66. The molecule has 4 rings (SSSR count). The van der Waals surface area contributed by atoms with E-state index in [0.29, 0.717) is 46.8 Å². The van der Waals surface area contributed by atoms with E-state index in [2.05, 4.69) is 10.2 Å². The fraction of sp³-hybridized carbons (Fsp3) is 0.318. The Bertz CT molecular complexity index is 1090. The van der Waals surface area contributed by atoms with Gasteiger partial charge in [0, 0.05) is 33.2 Å². The van der Waals surface area contributed by atoms with E-state index < -0.39 is 0 Å². The first-order valence-corrected chi connectivity index (χ1v) is 11.0. The number of rotatable bonds is 3. The standard InChI is InChI=1S/C22H23ClN4O2S/c1-22(2,3)21-26-25-20(29-21)15-10-17-18(11-16(15)24)30-9-8-19(28)27(17)12-13-4-6-14(23)7-5-13/h4-7,10-11H,8-9,12,24H2,1-3H3. The van der Waals surface area contributed by atoms with E-state index in [-0.39, 0.29) is 11.3 Å². The number of anilines is 2. The minimum absolute atomic E-state index is 0.0628. The molecular formula is C22H23ClN4O2S. The number of thioether (sulfide) groups is 1. The molecule has 2 N–H and O–H groups in total. The first-order valence-electron chi connectivity index (χ1n) is 9.68. The zero-order valence-corrected chi connectivity index (χ0v) is 18.7. The average Bonchev–Trinajstić information content (AvgIpc) is 3.13. The lowest BCUT2D eigenvalue weighted by Gasteiger charge is -2.24. The Labute approximate surface area is 184 Å². The average molecular weight is 443 g/mol.